The summed E-state index contributed by atoms with van der Waals surface area (Å²) in [6.45, 7) is 2.64. The highest BCUT2D eigenvalue weighted by atomic mass is 79.9. The van der Waals surface area contributed by atoms with Gasteiger partial charge in [-0.05, 0) is 32.2 Å². The van der Waals surface area contributed by atoms with Crippen molar-refractivity contribution in [2.75, 3.05) is 13.6 Å². The van der Waals surface area contributed by atoms with Gasteiger partial charge in [0.25, 0.3) is 5.91 Å². The number of likely N-dealkylation sites (N-methyl/N-ethyl adjacent to an activating group) is 1. The smallest absolute Gasteiger partial charge is 0.251 e. The van der Waals surface area contributed by atoms with Crippen molar-refractivity contribution in [1.82, 2.24) is 10.6 Å². The van der Waals surface area contributed by atoms with Gasteiger partial charge in [0.15, 0.2) is 0 Å². The molecule has 1 amide bonds. The fraction of sp³-hybridized carbons (Fsp3) is 0.364. The third kappa shape index (κ3) is 4.01. The molecule has 0 radical (unpaired) electrons. The zero-order chi connectivity index (χ0) is 11.3. The van der Waals surface area contributed by atoms with Crippen LogP contribution in [0.1, 0.15) is 17.3 Å². The Morgan fingerprint density at radius 3 is 2.87 bits per heavy atom. The average molecular weight is 271 g/mol. The van der Waals surface area contributed by atoms with Gasteiger partial charge >= 0.3 is 0 Å². The molecule has 1 aromatic carbocycles. The third-order valence-electron chi connectivity index (χ3n) is 2.15. The first-order valence-corrected chi connectivity index (χ1v) is 5.64. The van der Waals surface area contributed by atoms with Crippen molar-refractivity contribution >= 4 is 21.8 Å². The Hall–Kier alpha value is -0.870. The number of amides is 1. The van der Waals surface area contributed by atoms with E-state index in [1.807, 2.05) is 26.1 Å². The molecule has 0 heterocycles. The number of carbonyl (C=O) groups is 1. The summed E-state index contributed by atoms with van der Waals surface area (Å²) in [4.78, 5) is 11.7. The molecule has 1 rings (SSSR count). The lowest BCUT2D eigenvalue weighted by Crippen LogP contribution is -2.37. The molecule has 0 fully saturated rings. The van der Waals surface area contributed by atoms with Crippen LogP contribution in [0.3, 0.4) is 0 Å². The molecule has 0 aromatic heterocycles. The van der Waals surface area contributed by atoms with E-state index >= 15 is 0 Å². The van der Waals surface area contributed by atoms with E-state index in [2.05, 4.69) is 26.6 Å². The largest absolute Gasteiger partial charge is 0.350 e. The molecule has 0 aliphatic heterocycles. The number of nitrogens with one attached hydrogen (secondary N) is 2. The van der Waals surface area contributed by atoms with Crippen LogP contribution in [-0.4, -0.2) is 25.5 Å². The molecule has 0 saturated heterocycles. The summed E-state index contributed by atoms with van der Waals surface area (Å²) in [5.74, 6) is -0.0431. The third-order valence-corrected chi connectivity index (χ3v) is 2.64. The predicted octanol–water partition coefficient (Wildman–Crippen LogP) is 1.79. The fourth-order valence-electron chi connectivity index (χ4n) is 1.08. The molecule has 0 aliphatic rings. The van der Waals surface area contributed by atoms with Gasteiger partial charge in [0.2, 0.25) is 0 Å². The molecule has 1 aromatic rings. The SMILES string of the molecule is CNC(C)CNC(=O)c1cccc(Br)c1. The number of hydrogen-bond donors (Lipinski definition) is 2. The lowest BCUT2D eigenvalue weighted by Gasteiger charge is -2.11. The molecule has 1 unspecified atom stereocenters. The monoisotopic (exact) mass is 270 g/mol. The summed E-state index contributed by atoms with van der Waals surface area (Å²) in [5, 5.41) is 5.91. The molecule has 15 heavy (non-hydrogen) atoms. The highest BCUT2D eigenvalue weighted by Gasteiger charge is 2.06. The van der Waals surface area contributed by atoms with Gasteiger partial charge in [0.1, 0.15) is 0 Å². The summed E-state index contributed by atoms with van der Waals surface area (Å²) in [6, 6.07) is 7.62. The summed E-state index contributed by atoms with van der Waals surface area (Å²) in [7, 11) is 1.87. The summed E-state index contributed by atoms with van der Waals surface area (Å²) in [6.07, 6.45) is 0. The Balaban J connectivity index is 2.54. The zero-order valence-electron chi connectivity index (χ0n) is 8.88. The second-order valence-electron chi connectivity index (χ2n) is 3.41. The molecule has 82 valence electrons. The van der Waals surface area contributed by atoms with E-state index in [9.17, 15) is 4.79 Å². The van der Waals surface area contributed by atoms with Gasteiger partial charge in [0, 0.05) is 22.6 Å². The van der Waals surface area contributed by atoms with Crippen LogP contribution in [0.15, 0.2) is 28.7 Å². The van der Waals surface area contributed by atoms with E-state index in [0.717, 1.165) is 4.47 Å². The molecular weight excluding hydrogens is 256 g/mol. The molecule has 1 atom stereocenters. The summed E-state index contributed by atoms with van der Waals surface area (Å²) >= 11 is 3.33. The molecule has 0 aliphatic carbocycles. The quantitative estimate of drug-likeness (QED) is 0.876. The number of hydrogen-bond acceptors (Lipinski definition) is 2. The van der Waals surface area contributed by atoms with Crippen molar-refractivity contribution < 1.29 is 4.79 Å². The van der Waals surface area contributed by atoms with E-state index in [1.54, 1.807) is 12.1 Å². The zero-order valence-corrected chi connectivity index (χ0v) is 10.5. The first-order chi connectivity index (χ1) is 7.13. The number of halogens is 1. The minimum atomic E-state index is -0.0431. The van der Waals surface area contributed by atoms with Gasteiger partial charge in [-0.1, -0.05) is 22.0 Å². The van der Waals surface area contributed by atoms with Gasteiger partial charge in [-0.15, -0.1) is 0 Å². The minimum absolute atomic E-state index is 0.0431. The van der Waals surface area contributed by atoms with Gasteiger partial charge in [-0.25, -0.2) is 0 Å². The van der Waals surface area contributed by atoms with Gasteiger partial charge < -0.3 is 10.6 Å². The Morgan fingerprint density at radius 2 is 2.27 bits per heavy atom. The number of carbonyl (C=O) groups excluding carboxylic acids is 1. The van der Waals surface area contributed by atoms with Crippen LogP contribution in [0.4, 0.5) is 0 Å². The van der Waals surface area contributed by atoms with Crippen LogP contribution in [-0.2, 0) is 0 Å². The van der Waals surface area contributed by atoms with E-state index in [4.69, 9.17) is 0 Å². The molecule has 0 bridgehead atoms. The van der Waals surface area contributed by atoms with Crippen LogP contribution in [0.2, 0.25) is 0 Å². The topological polar surface area (TPSA) is 41.1 Å². The second kappa shape index (κ2) is 5.88. The van der Waals surface area contributed by atoms with Crippen molar-refractivity contribution in [2.45, 2.75) is 13.0 Å². The lowest BCUT2D eigenvalue weighted by molar-refractivity contribution is 0.0950. The Labute approximate surface area is 98.4 Å². The van der Waals surface area contributed by atoms with Crippen molar-refractivity contribution in [2.24, 2.45) is 0 Å². The lowest BCUT2D eigenvalue weighted by atomic mass is 10.2. The van der Waals surface area contributed by atoms with Crippen molar-refractivity contribution in [1.29, 1.82) is 0 Å². The second-order valence-corrected chi connectivity index (χ2v) is 4.33. The van der Waals surface area contributed by atoms with Crippen LogP contribution >= 0.6 is 15.9 Å². The van der Waals surface area contributed by atoms with E-state index < -0.39 is 0 Å². The number of rotatable bonds is 4. The maximum Gasteiger partial charge on any atom is 0.251 e. The first-order valence-electron chi connectivity index (χ1n) is 4.84. The van der Waals surface area contributed by atoms with Crippen molar-refractivity contribution in [3.05, 3.63) is 34.3 Å². The molecular formula is C11H15BrN2O. The van der Waals surface area contributed by atoms with E-state index in [1.165, 1.54) is 0 Å². The normalized spacial score (nSPS) is 12.2. The van der Waals surface area contributed by atoms with Crippen LogP contribution in [0.5, 0.6) is 0 Å². The molecule has 0 spiro atoms. The maximum absolute atomic E-state index is 11.7. The summed E-state index contributed by atoms with van der Waals surface area (Å²) < 4.78 is 0.914. The van der Waals surface area contributed by atoms with Gasteiger partial charge in [-0.3, -0.25) is 4.79 Å². The van der Waals surface area contributed by atoms with Crippen molar-refractivity contribution in [3.63, 3.8) is 0 Å². The molecule has 0 saturated carbocycles. The minimum Gasteiger partial charge on any atom is -0.350 e. The van der Waals surface area contributed by atoms with E-state index in [-0.39, 0.29) is 11.9 Å². The first kappa shape index (κ1) is 12.2. The standard InChI is InChI=1S/C11H15BrN2O/c1-8(13-2)7-14-11(15)9-4-3-5-10(12)6-9/h3-6,8,13H,7H2,1-2H3,(H,14,15). The average Bonchev–Trinajstić information content (AvgIpc) is 2.25. The highest BCUT2D eigenvalue weighted by molar-refractivity contribution is 9.10. The summed E-state index contributed by atoms with van der Waals surface area (Å²) in [5.41, 5.74) is 0.674. The Kier molecular flexibility index (Phi) is 4.78. The van der Waals surface area contributed by atoms with Crippen LogP contribution in [0.25, 0.3) is 0 Å². The highest BCUT2D eigenvalue weighted by Crippen LogP contribution is 2.11. The Bertz CT molecular complexity index is 341. The van der Waals surface area contributed by atoms with Gasteiger partial charge in [-0.2, -0.15) is 0 Å². The van der Waals surface area contributed by atoms with Crippen LogP contribution < -0.4 is 10.6 Å². The van der Waals surface area contributed by atoms with Gasteiger partial charge in [0.05, 0.1) is 0 Å². The Morgan fingerprint density at radius 1 is 1.53 bits per heavy atom. The molecule has 3 nitrogen and oxygen atoms in total. The maximum atomic E-state index is 11.7. The van der Waals surface area contributed by atoms with Crippen LogP contribution in [0, 0.1) is 0 Å². The molecule has 2 N–H and O–H groups in total. The number of benzene rings is 1. The van der Waals surface area contributed by atoms with Crippen molar-refractivity contribution in [3.8, 4) is 0 Å². The fourth-order valence-corrected chi connectivity index (χ4v) is 1.48. The predicted molar refractivity (Wildman–Crippen MR) is 65.0 cm³/mol. The molecule has 4 heteroatoms. The van der Waals surface area contributed by atoms with E-state index in [0.29, 0.717) is 12.1 Å².